The summed E-state index contributed by atoms with van der Waals surface area (Å²) in [7, 11) is 1.73. The van der Waals surface area contributed by atoms with E-state index < -0.39 is 0 Å². The topological polar surface area (TPSA) is 98.7 Å². The van der Waals surface area contributed by atoms with Crippen LogP contribution in [-0.2, 0) is 17.8 Å². The summed E-state index contributed by atoms with van der Waals surface area (Å²) in [6, 6.07) is 7.42. The molecular formula is C20H27IN6O2S. The van der Waals surface area contributed by atoms with Gasteiger partial charge in [0.2, 0.25) is 5.91 Å². The van der Waals surface area contributed by atoms with Gasteiger partial charge in [0.1, 0.15) is 0 Å². The summed E-state index contributed by atoms with van der Waals surface area (Å²) in [5.41, 5.74) is 2.71. The van der Waals surface area contributed by atoms with Crippen LogP contribution in [0.1, 0.15) is 26.6 Å². The van der Waals surface area contributed by atoms with E-state index in [9.17, 15) is 9.59 Å². The highest BCUT2D eigenvalue weighted by Gasteiger charge is 2.22. The summed E-state index contributed by atoms with van der Waals surface area (Å²) < 4.78 is 0. The Labute approximate surface area is 197 Å². The molecule has 1 aliphatic rings. The number of aryl methyl sites for hydroxylation is 1. The lowest BCUT2D eigenvalue weighted by molar-refractivity contribution is -0.123. The van der Waals surface area contributed by atoms with E-state index in [1.54, 1.807) is 35.4 Å². The van der Waals surface area contributed by atoms with Crippen LogP contribution < -0.4 is 16.0 Å². The van der Waals surface area contributed by atoms with Gasteiger partial charge in [-0.25, -0.2) is 4.98 Å². The molecule has 0 unspecified atom stereocenters. The summed E-state index contributed by atoms with van der Waals surface area (Å²) in [6.07, 6.45) is 0.844. The molecule has 0 bridgehead atoms. The van der Waals surface area contributed by atoms with Gasteiger partial charge in [-0.05, 0) is 24.6 Å². The number of carbonyl (C=O) groups is 2. The fraction of sp³-hybridized carbons (Fsp3) is 0.400. The highest BCUT2D eigenvalue weighted by Crippen LogP contribution is 2.09. The minimum absolute atomic E-state index is 0. The van der Waals surface area contributed by atoms with Gasteiger partial charge in [0.05, 0.1) is 17.2 Å². The van der Waals surface area contributed by atoms with Gasteiger partial charge in [-0.2, -0.15) is 0 Å². The van der Waals surface area contributed by atoms with Gasteiger partial charge in [-0.15, -0.1) is 35.3 Å². The molecule has 162 valence electrons. The number of aromatic nitrogens is 1. The summed E-state index contributed by atoms with van der Waals surface area (Å²) >= 11 is 1.66. The first kappa shape index (κ1) is 24.1. The van der Waals surface area contributed by atoms with Crippen molar-refractivity contribution in [3.05, 3.63) is 51.5 Å². The Morgan fingerprint density at radius 3 is 2.70 bits per heavy atom. The number of thiazole rings is 1. The number of halogens is 1. The number of piperazine rings is 1. The zero-order valence-electron chi connectivity index (χ0n) is 17.1. The molecule has 1 aromatic heterocycles. The maximum Gasteiger partial charge on any atom is 0.254 e. The van der Waals surface area contributed by atoms with Crippen LogP contribution in [-0.4, -0.2) is 60.9 Å². The smallest absolute Gasteiger partial charge is 0.254 e. The standard InChI is InChI=1S/C20H26N6O2S.HI/c1-14-25-17(13-29-14)7-8-23-20(21-2)24-11-15-3-5-16(6-4-15)19(28)26-10-9-22-18(27)12-26;/h3-6,13H,7-12H2,1-2H3,(H,22,27)(H2,21,23,24);1H. The van der Waals surface area contributed by atoms with Gasteiger partial charge < -0.3 is 20.9 Å². The fourth-order valence-corrected chi connectivity index (χ4v) is 3.65. The number of nitrogens with zero attached hydrogens (tertiary/aromatic N) is 3. The van der Waals surface area contributed by atoms with Crippen LogP contribution in [0.4, 0.5) is 0 Å². The van der Waals surface area contributed by atoms with Crippen LogP contribution in [0.15, 0.2) is 34.6 Å². The van der Waals surface area contributed by atoms with Crippen molar-refractivity contribution in [1.82, 2.24) is 25.8 Å². The maximum atomic E-state index is 12.5. The van der Waals surface area contributed by atoms with E-state index >= 15 is 0 Å². The van der Waals surface area contributed by atoms with Crippen LogP contribution in [0.5, 0.6) is 0 Å². The van der Waals surface area contributed by atoms with Gasteiger partial charge >= 0.3 is 0 Å². The number of amides is 2. The van der Waals surface area contributed by atoms with E-state index in [0.717, 1.165) is 35.2 Å². The average Bonchev–Trinajstić information content (AvgIpc) is 3.15. The highest BCUT2D eigenvalue weighted by molar-refractivity contribution is 14.0. The number of rotatable bonds is 6. The molecule has 8 nitrogen and oxygen atoms in total. The summed E-state index contributed by atoms with van der Waals surface area (Å²) in [5, 5.41) is 12.4. The molecule has 0 atom stereocenters. The summed E-state index contributed by atoms with van der Waals surface area (Å²) in [4.78, 5) is 34.2. The van der Waals surface area contributed by atoms with Crippen molar-refractivity contribution in [1.29, 1.82) is 0 Å². The molecule has 0 spiro atoms. The normalized spacial score (nSPS) is 14.0. The predicted molar refractivity (Wildman–Crippen MR) is 130 cm³/mol. The average molecular weight is 542 g/mol. The van der Waals surface area contributed by atoms with Crippen molar-refractivity contribution in [2.45, 2.75) is 19.9 Å². The van der Waals surface area contributed by atoms with Gasteiger partial charge in [-0.1, -0.05) is 12.1 Å². The summed E-state index contributed by atoms with van der Waals surface area (Å²) in [6.45, 7) is 4.50. The SMILES string of the molecule is CN=C(NCCc1csc(C)n1)NCc1ccc(C(=O)N2CCNC(=O)C2)cc1.I. The first-order chi connectivity index (χ1) is 14.0. The Hall–Kier alpha value is -2.21. The number of nitrogens with one attached hydrogen (secondary N) is 3. The maximum absolute atomic E-state index is 12.5. The van der Waals surface area contributed by atoms with Gasteiger partial charge in [0.25, 0.3) is 5.91 Å². The first-order valence-corrected chi connectivity index (χ1v) is 10.4. The lowest BCUT2D eigenvalue weighted by Crippen LogP contribution is -2.49. The number of carbonyl (C=O) groups excluding carboxylic acids is 2. The molecular weight excluding hydrogens is 515 g/mol. The molecule has 1 fully saturated rings. The molecule has 1 aromatic carbocycles. The van der Waals surface area contributed by atoms with Gasteiger partial charge in [-0.3, -0.25) is 14.6 Å². The largest absolute Gasteiger partial charge is 0.356 e. The predicted octanol–water partition coefficient (Wildman–Crippen LogP) is 1.55. The molecule has 2 aromatic rings. The first-order valence-electron chi connectivity index (χ1n) is 9.55. The minimum Gasteiger partial charge on any atom is -0.356 e. The van der Waals surface area contributed by atoms with Crippen LogP contribution in [0.2, 0.25) is 0 Å². The van der Waals surface area contributed by atoms with Crippen LogP contribution in [0.25, 0.3) is 0 Å². The minimum atomic E-state index is -0.117. The van der Waals surface area contributed by atoms with Crippen molar-refractivity contribution in [2.24, 2.45) is 4.99 Å². The number of aliphatic imine (C=N–C) groups is 1. The van der Waals surface area contributed by atoms with E-state index in [2.05, 4.69) is 31.3 Å². The third-order valence-electron chi connectivity index (χ3n) is 4.55. The Morgan fingerprint density at radius 2 is 2.07 bits per heavy atom. The summed E-state index contributed by atoms with van der Waals surface area (Å²) in [5.74, 6) is 0.486. The monoisotopic (exact) mass is 542 g/mol. The molecule has 1 saturated heterocycles. The second kappa shape index (κ2) is 11.8. The van der Waals surface area contributed by atoms with E-state index in [1.807, 2.05) is 19.1 Å². The highest BCUT2D eigenvalue weighted by atomic mass is 127. The number of hydrogen-bond acceptors (Lipinski definition) is 5. The molecule has 1 aliphatic heterocycles. The van der Waals surface area contributed by atoms with Gasteiger partial charge in [0, 0.05) is 50.6 Å². The zero-order chi connectivity index (χ0) is 20.6. The molecule has 10 heteroatoms. The van der Waals surface area contributed by atoms with Crippen LogP contribution in [0, 0.1) is 6.92 Å². The van der Waals surface area contributed by atoms with E-state index in [0.29, 0.717) is 25.2 Å². The molecule has 0 aliphatic carbocycles. The van der Waals surface area contributed by atoms with E-state index in [-0.39, 0.29) is 42.3 Å². The molecule has 30 heavy (non-hydrogen) atoms. The lowest BCUT2D eigenvalue weighted by atomic mass is 10.1. The van der Waals surface area contributed by atoms with Gasteiger partial charge in [0.15, 0.2) is 5.96 Å². The van der Waals surface area contributed by atoms with Crippen molar-refractivity contribution >= 4 is 53.1 Å². The fourth-order valence-electron chi connectivity index (χ4n) is 3.00. The second-order valence-electron chi connectivity index (χ2n) is 6.73. The molecule has 0 radical (unpaired) electrons. The quantitative estimate of drug-likeness (QED) is 0.293. The third-order valence-corrected chi connectivity index (χ3v) is 5.37. The van der Waals surface area contributed by atoms with E-state index in [4.69, 9.17) is 0 Å². The molecule has 3 rings (SSSR count). The zero-order valence-corrected chi connectivity index (χ0v) is 20.3. The Kier molecular flexibility index (Phi) is 9.50. The molecule has 0 saturated carbocycles. The molecule has 2 amide bonds. The van der Waals surface area contributed by atoms with Crippen molar-refractivity contribution in [2.75, 3.05) is 33.2 Å². The second-order valence-corrected chi connectivity index (χ2v) is 7.80. The molecule has 3 N–H and O–H groups in total. The van der Waals surface area contributed by atoms with Crippen LogP contribution in [0.3, 0.4) is 0 Å². The van der Waals surface area contributed by atoms with Crippen molar-refractivity contribution in [3.63, 3.8) is 0 Å². The van der Waals surface area contributed by atoms with Crippen LogP contribution >= 0.6 is 35.3 Å². The lowest BCUT2D eigenvalue weighted by Gasteiger charge is -2.26. The molecule has 2 heterocycles. The van der Waals surface area contributed by atoms with Crippen molar-refractivity contribution in [3.8, 4) is 0 Å². The number of hydrogen-bond donors (Lipinski definition) is 3. The Balaban J connectivity index is 0.00000320. The third kappa shape index (κ3) is 6.94. The van der Waals surface area contributed by atoms with E-state index in [1.165, 1.54) is 0 Å². The number of benzene rings is 1. The number of guanidine groups is 1. The Bertz CT molecular complexity index is 884. The van der Waals surface area contributed by atoms with Crippen molar-refractivity contribution < 1.29 is 9.59 Å². The Morgan fingerprint density at radius 1 is 1.30 bits per heavy atom.